The second kappa shape index (κ2) is 8.54. The topological polar surface area (TPSA) is 47.6 Å². The monoisotopic (exact) mass is 271 g/mol. The van der Waals surface area contributed by atoms with E-state index in [2.05, 4.69) is 12.2 Å². The van der Waals surface area contributed by atoms with E-state index in [0.29, 0.717) is 6.04 Å². The molecule has 1 N–H and O–H groups in total. The first-order valence-corrected chi connectivity index (χ1v) is 7.56. The van der Waals surface area contributed by atoms with Crippen molar-refractivity contribution in [3.63, 3.8) is 0 Å². The van der Waals surface area contributed by atoms with Crippen LogP contribution in [0, 0.1) is 0 Å². The predicted octanol–water partition coefficient (Wildman–Crippen LogP) is 2.66. The van der Waals surface area contributed by atoms with Crippen molar-refractivity contribution in [2.75, 3.05) is 20.3 Å². The van der Waals surface area contributed by atoms with Crippen molar-refractivity contribution in [2.24, 2.45) is 0 Å². The van der Waals surface area contributed by atoms with E-state index in [1.807, 2.05) is 6.92 Å². The van der Waals surface area contributed by atoms with Crippen molar-refractivity contribution in [3.05, 3.63) is 0 Å². The molecule has 0 aromatic heterocycles. The van der Waals surface area contributed by atoms with Crippen molar-refractivity contribution < 1.29 is 14.3 Å². The molecule has 112 valence electrons. The van der Waals surface area contributed by atoms with Crippen LogP contribution < -0.4 is 5.32 Å². The quantitative estimate of drug-likeness (QED) is 0.463. The van der Waals surface area contributed by atoms with E-state index in [9.17, 15) is 4.79 Å². The lowest BCUT2D eigenvalue weighted by atomic mass is 9.96. The Morgan fingerprint density at radius 1 is 1.26 bits per heavy atom. The highest BCUT2D eigenvalue weighted by Gasteiger charge is 2.38. The van der Waals surface area contributed by atoms with E-state index < -0.39 is 5.54 Å². The molecule has 1 aliphatic carbocycles. The molecule has 0 aromatic carbocycles. The van der Waals surface area contributed by atoms with E-state index in [1.165, 1.54) is 32.8 Å². The summed E-state index contributed by atoms with van der Waals surface area (Å²) < 4.78 is 10.5. The van der Waals surface area contributed by atoms with Crippen LogP contribution >= 0.6 is 0 Å². The largest absolute Gasteiger partial charge is 0.468 e. The first-order chi connectivity index (χ1) is 9.12. The molecule has 1 saturated carbocycles. The lowest BCUT2D eigenvalue weighted by molar-refractivity contribution is -0.148. The summed E-state index contributed by atoms with van der Waals surface area (Å²) in [7, 11) is 1.45. The van der Waals surface area contributed by atoms with Gasteiger partial charge in [0, 0.05) is 19.3 Å². The Balaban J connectivity index is 2.19. The van der Waals surface area contributed by atoms with Crippen LogP contribution in [0.1, 0.15) is 58.8 Å². The van der Waals surface area contributed by atoms with E-state index >= 15 is 0 Å². The minimum atomic E-state index is -0.553. The Morgan fingerprint density at radius 2 is 1.95 bits per heavy atom. The van der Waals surface area contributed by atoms with E-state index in [0.717, 1.165) is 32.5 Å². The van der Waals surface area contributed by atoms with Gasteiger partial charge >= 0.3 is 5.97 Å². The molecule has 4 nitrogen and oxygen atoms in total. The zero-order chi connectivity index (χ0) is 14.1. The normalized spacial score (nSPS) is 18.1. The molecule has 1 atom stereocenters. The fourth-order valence-electron chi connectivity index (χ4n) is 2.22. The standard InChI is InChI=1S/C15H29NO3/c1-4-5-6-11-19-12-7-10-15(2,14(17)18-3)16-13-8-9-13/h13,16H,4-12H2,1-3H3. The summed E-state index contributed by atoms with van der Waals surface area (Å²) in [4.78, 5) is 11.9. The number of nitrogens with one attached hydrogen (secondary N) is 1. The lowest BCUT2D eigenvalue weighted by Gasteiger charge is -2.28. The first-order valence-electron chi connectivity index (χ1n) is 7.56. The molecule has 0 heterocycles. The van der Waals surface area contributed by atoms with E-state index in [4.69, 9.17) is 9.47 Å². The van der Waals surface area contributed by atoms with Crippen LogP contribution in [-0.4, -0.2) is 37.9 Å². The van der Waals surface area contributed by atoms with Gasteiger partial charge in [-0.3, -0.25) is 10.1 Å². The maximum atomic E-state index is 11.9. The van der Waals surface area contributed by atoms with Crippen LogP contribution in [0.4, 0.5) is 0 Å². The smallest absolute Gasteiger partial charge is 0.325 e. The molecule has 0 bridgehead atoms. The van der Waals surface area contributed by atoms with Crippen molar-refractivity contribution in [3.8, 4) is 0 Å². The number of carbonyl (C=O) groups is 1. The molecule has 0 spiro atoms. The Morgan fingerprint density at radius 3 is 2.53 bits per heavy atom. The zero-order valence-electron chi connectivity index (χ0n) is 12.7. The van der Waals surface area contributed by atoms with Gasteiger partial charge in [0.05, 0.1) is 7.11 Å². The third-order valence-corrected chi connectivity index (χ3v) is 3.59. The fraction of sp³-hybridized carbons (Fsp3) is 0.933. The maximum absolute atomic E-state index is 11.9. The SMILES string of the molecule is CCCCCOCCCC(C)(NC1CC1)C(=O)OC. The molecular weight excluding hydrogens is 242 g/mol. The van der Waals surface area contributed by atoms with Gasteiger partial charge in [-0.15, -0.1) is 0 Å². The summed E-state index contributed by atoms with van der Waals surface area (Å²) in [5.74, 6) is -0.162. The molecule has 1 aliphatic rings. The van der Waals surface area contributed by atoms with Gasteiger partial charge in [-0.05, 0) is 39.0 Å². The number of hydrogen-bond donors (Lipinski definition) is 1. The van der Waals surface area contributed by atoms with Gasteiger partial charge in [0.15, 0.2) is 0 Å². The minimum absolute atomic E-state index is 0.162. The summed E-state index contributed by atoms with van der Waals surface area (Å²) in [6.45, 7) is 5.68. The molecule has 0 saturated heterocycles. The number of ether oxygens (including phenoxy) is 2. The van der Waals surface area contributed by atoms with Crippen molar-refractivity contribution >= 4 is 5.97 Å². The van der Waals surface area contributed by atoms with Crippen molar-refractivity contribution in [1.82, 2.24) is 5.32 Å². The average molecular weight is 271 g/mol. The lowest BCUT2D eigenvalue weighted by Crippen LogP contribution is -2.51. The first kappa shape index (κ1) is 16.4. The second-order valence-corrected chi connectivity index (χ2v) is 5.67. The number of esters is 1. The Labute approximate surface area is 117 Å². The van der Waals surface area contributed by atoms with Gasteiger partial charge in [0.25, 0.3) is 0 Å². The number of rotatable bonds is 11. The fourth-order valence-corrected chi connectivity index (χ4v) is 2.22. The van der Waals surface area contributed by atoms with Crippen LogP contribution in [0.25, 0.3) is 0 Å². The van der Waals surface area contributed by atoms with Gasteiger partial charge in [-0.2, -0.15) is 0 Å². The Bertz CT molecular complexity index is 266. The summed E-state index contributed by atoms with van der Waals surface area (Å²) >= 11 is 0. The number of methoxy groups -OCH3 is 1. The summed E-state index contributed by atoms with van der Waals surface area (Å²) in [5, 5.41) is 3.40. The van der Waals surface area contributed by atoms with E-state index in [-0.39, 0.29) is 5.97 Å². The number of carbonyl (C=O) groups excluding carboxylic acids is 1. The van der Waals surface area contributed by atoms with Crippen LogP contribution in [0.2, 0.25) is 0 Å². The number of unbranched alkanes of at least 4 members (excludes halogenated alkanes) is 2. The summed E-state index contributed by atoms with van der Waals surface area (Å²) in [5.41, 5.74) is -0.553. The van der Waals surface area contributed by atoms with Gasteiger partial charge in [-0.25, -0.2) is 0 Å². The van der Waals surface area contributed by atoms with Crippen molar-refractivity contribution in [2.45, 2.75) is 70.4 Å². The highest BCUT2D eigenvalue weighted by Crippen LogP contribution is 2.25. The molecule has 0 amide bonds. The number of hydrogen-bond acceptors (Lipinski definition) is 4. The van der Waals surface area contributed by atoms with Gasteiger partial charge in [0.1, 0.15) is 5.54 Å². The van der Waals surface area contributed by atoms with Crippen LogP contribution in [0.3, 0.4) is 0 Å². The summed E-state index contributed by atoms with van der Waals surface area (Å²) in [6.07, 6.45) is 7.56. The van der Waals surface area contributed by atoms with Gasteiger partial charge in [-0.1, -0.05) is 19.8 Å². The highest BCUT2D eigenvalue weighted by molar-refractivity contribution is 5.80. The molecule has 19 heavy (non-hydrogen) atoms. The average Bonchev–Trinajstić information content (AvgIpc) is 3.20. The highest BCUT2D eigenvalue weighted by atomic mass is 16.5. The van der Waals surface area contributed by atoms with Gasteiger partial charge in [0.2, 0.25) is 0 Å². The van der Waals surface area contributed by atoms with Gasteiger partial charge < -0.3 is 9.47 Å². The minimum Gasteiger partial charge on any atom is -0.468 e. The van der Waals surface area contributed by atoms with E-state index in [1.54, 1.807) is 0 Å². The van der Waals surface area contributed by atoms with Crippen LogP contribution in [0.5, 0.6) is 0 Å². The molecule has 0 aromatic rings. The molecule has 1 fully saturated rings. The molecule has 0 radical (unpaired) electrons. The predicted molar refractivity (Wildman–Crippen MR) is 76.2 cm³/mol. The zero-order valence-corrected chi connectivity index (χ0v) is 12.7. The van der Waals surface area contributed by atoms with Crippen LogP contribution in [-0.2, 0) is 14.3 Å². The molecular formula is C15H29NO3. The third-order valence-electron chi connectivity index (χ3n) is 3.59. The second-order valence-electron chi connectivity index (χ2n) is 5.67. The summed E-state index contributed by atoms with van der Waals surface area (Å²) in [6, 6.07) is 0.495. The molecule has 0 aliphatic heterocycles. The molecule has 1 unspecified atom stereocenters. The Kier molecular flexibility index (Phi) is 7.39. The van der Waals surface area contributed by atoms with Crippen molar-refractivity contribution in [1.29, 1.82) is 0 Å². The Hall–Kier alpha value is -0.610. The molecule has 1 rings (SSSR count). The third kappa shape index (κ3) is 6.39. The molecule has 4 heteroatoms. The van der Waals surface area contributed by atoms with Crippen LogP contribution in [0.15, 0.2) is 0 Å². The maximum Gasteiger partial charge on any atom is 0.325 e.